The van der Waals surface area contributed by atoms with Crippen LogP contribution >= 0.6 is 0 Å². The van der Waals surface area contributed by atoms with Crippen LogP contribution in [-0.2, 0) is 17.4 Å². The molecule has 0 aliphatic rings. The normalized spacial score (nSPS) is 11.8. The Labute approximate surface area is 208 Å². The van der Waals surface area contributed by atoms with Crippen LogP contribution in [0.5, 0.6) is 0 Å². The minimum atomic E-state index is -4.52. The molecule has 188 valence electrons. The molecule has 3 aromatic carbocycles. The van der Waals surface area contributed by atoms with Crippen molar-refractivity contribution in [1.82, 2.24) is 14.5 Å². The molecule has 36 heavy (non-hydrogen) atoms. The van der Waals surface area contributed by atoms with Crippen molar-refractivity contribution in [3.8, 4) is 5.69 Å². The molecule has 0 spiro atoms. The molecule has 6 nitrogen and oxygen atoms in total. The first kappa shape index (κ1) is 25.2. The molecule has 0 radical (unpaired) electrons. The predicted octanol–water partition coefficient (Wildman–Crippen LogP) is 5.22. The number of imidazole rings is 1. The largest absolute Gasteiger partial charge is 0.416 e. The van der Waals surface area contributed by atoms with Crippen molar-refractivity contribution >= 4 is 28.3 Å². The van der Waals surface area contributed by atoms with Gasteiger partial charge in [0.15, 0.2) is 0 Å². The molecular formula is C27H28F3N5O. The summed E-state index contributed by atoms with van der Waals surface area (Å²) in [5.74, 6) is -0.392. The standard InChI is InChI=1S/C27H28F3N5O/c1-33(2)12-13-34(3)23-16-20(27(28,29)30)15-21(17-23)32-26(36)14-19-8-10-22(11-9-19)35-18-31-24-6-4-5-7-25(24)35/h4-11,15-18H,12-14H2,1-3H3,(H,32,36). The second kappa shape index (κ2) is 10.4. The van der Waals surface area contributed by atoms with Crippen molar-refractivity contribution in [3.05, 3.63) is 84.2 Å². The van der Waals surface area contributed by atoms with Gasteiger partial charge in [-0.25, -0.2) is 4.98 Å². The van der Waals surface area contributed by atoms with E-state index in [9.17, 15) is 18.0 Å². The smallest absolute Gasteiger partial charge is 0.373 e. The lowest BCUT2D eigenvalue weighted by molar-refractivity contribution is -0.137. The number of aromatic nitrogens is 2. The van der Waals surface area contributed by atoms with Gasteiger partial charge in [0.2, 0.25) is 5.91 Å². The summed E-state index contributed by atoms with van der Waals surface area (Å²) in [6.45, 7) is 1.22. The summed E-state index contributed by atoms with van der Waals surface area (Å²) in [7, 11) is 5.53. The number of para-hydroxylation sites is 2. The Morgan fingerprint density at radius 3 is 2.39 bits per heavy atom. The number of alkyl halides is 3. The summed E-state index contributed by atoms with van der Waals surface area (Å²) in [6, 6.07) is 18.8. The van der Waals surface area contributed by atoms with Gasteiger partial charge in [-0.05, 0) is 62.1 Å². The quantitative estimate of drug-likeness (QED) is 0.364. The third-order valence-electron chi connectivity index (χ3n) is 5.89. The van der Waals surface area contributed by atoms with Gasteiger partial charge in [-0.1, -0.05) is 24.3 Å². The molecule has 4 rings (SSSR count). The first-order valence-electron chi connectivity index (χ1n) is 11.5. The number of rotatable bonds is 8. The fourth-order valence-corrected chi connectivity index (χ4v) is 3.88. The van der Waals surface area contributed by atoms with Crippen LogP contribution in [0.25, 0.3) is 16.7 Å². The highest BCUT2D eigenvalue weighted by Gasteiger charge is 2.31. The zero-order valence-corrected chi connectivity index (χ0v) is 20.4. The van der Waals surface area contributed by atoms with Crippen molar-refractivity contribution in [2.45, 2.75) is 12.6 Å². The number of hydrogen-bond donors (Lipinski definition) is 1. The third-order valence-corrected chi connectivity index (χ3v) is 5.89. The van der Waals surface area contributed by atoms with Gasteiger partial charge in [0.05, 0.1) is 23.0 Å². The van der Waals surface area contributed by atoms with Crippen LogP contribution in [0.3, 0.4) is 0 Å². The van der Waals surface area contributed by atoms with Gasteiger partial charge in [-0.2, -0.15) is 13.2 Å². The molecule has 0 fully saturated rings. The Kier molecular flexibility index (Phi) is 7.30. The van der Waals surface area contributed by atoms with Crippen molar-refractivity contribution in [2.24, 2.45) is 0 Å². The van der Waals surface area contributed by atoms with Gasteiger partial charge in [0, 0.05) is 37.2 Å². The summed E-state index contributed by atoms with van der Waals surface area (Å²) < 4.78 is 42.5. The zero-order chi connectivity index (χ0) is 25.9. The molecule has 0 aliphatic carbocycles. The van der Waals surface area contributed by atoms with E-state index in [1.807, 2.05) is 72.1 Å². The molecule has 1 N–H and O–H groups in total. The monoisotopic (exact) mass is 495 g/mol. The lowest BCUT2D eigenvalue weighted by Crippen LogP contribution is -2.28. The number of likely N-dealkylation sites (N-methyl/N-ethyl adjacent to an activating group) is 2. The Morgan fingerprint density at radius 1 is 0.972 bits per heavy atom. The molecule has 4 aromatic rings. The maximum Gasteiger partial charge on any atom is 0.416 e. The van der Waals surface area contributed by atoms with Crippen molar-refractivity contribution < 1.29 is 18.0 Å². The van der Waals surface area contributed by atoms with E-state index in [2.05, 4.69) is 10.3 Å². The lowest BCUT2D eigenvalue weighted by atomic mass is 10.1. The Bertz CT molecular complexity index is 1350. The number of amides is 1. The Morgan fingerprint density at radius 2 is 1.69 bits per heavy atom. The summed E-state index contributed by atoms with van der Waals surface area (Å²) in [5.41, 5.74) is 3.20. The molecule has 0 bridgehead atoms. The molecule has 0 atom stereocenters. The highest BCUT2D eigenvalue weighted by atomic mass is 19.4. The summed E-state index contributed by atoms with van der Waals surface area (Å²) in [6.07, 6.45) is -2.74. The molecule has 0 saturated heterocycles. The average molecular weight is 496 g/mol. The van der Waals surface area contributed by atoms with E-state index in [0.29, 0.717) is 18.8 Å². The molecule has 9 heteroatoms. The van der Waals surface area contributed by atoms with E-state index in [1.54, 1.807) is 24.3 Å². The van der Waals surface area contributed by atoms with E-state index < -0.39 is 17.6 Å². The number of benzene rings is 3. The van der Waals surface area contributed by atoms with Crippen LogP contribution in [0.2, 0.25) is 0 Å². The molecule has 1 heterocycles. The van der Waals surface area contributed by atoms with Gasteiger partial charge in [-0.3, -0.25) is 9.36 Å². The average Bonchev–Trinajstić information content (AvgIpc) is 3.26. The Balaban J connectivity index is 1.48. The van der Waals surface area contributed by atoms with Crippen LogP contribution in [0.15, 0.2) is 73.1 Å². The van der Waals surface area contributed by atoms with Gasteiger partial charge >= 0.3 is 6.18 Å². The molecule has 0 aliphatic heterocycles. The van der Waals surface area contributed by atoms with Crippen molar-refractivity contribution in [1.29, 1.82) is 0 Å². The number of nitrogens with one attached hydrogen (secondary N) is 1. The third kappa shape index (κ3) is 6.04. The number of nitrogens with zero attached hydrogens (tertiary/aromatic N) is 4. The highest BCUT2D eigenvalue weighted by Crippen LogP contribution is 2.34. The fraction of sp³-hybridized carbons (Fsp3) is 0.259. The maximum absolute atomic E-state index is 13.5. The van der Waals surface area contributed by atoms with E-state index in [4.69, 9.17) is 0 Å². The molecule has 1 aromatic heterocycles. The SMILES string of the molecule is CN(C)CCN(C)c1cc(NC(=O)Cc2ccc(-n3cnc4ccccc43)cc2)cc(C(F)(F)F)c1. The van der Waals surface area contributed by atoms with Crippen LogP contribution in [-0.4, -0.2) is 54.6 Å². The van der Waals surface area contributed by atoms with Crippen LogP contribution in [0.1, 0.15) is 11.1 Å². The molecule has 1 amide bonds. The van der Waals surface area contributed by atoms with E-state index in [0.717, 1.165) is 34.4 Å². The number of carbonyl (C=O) groups excluding carboxylic acids is 1. The summed E-state index contributed by atoms with van der Waals surface area (Å²) in [5, 5.41) is 2.64. The van der Waals surface area contributed by atoms with Crippen LogP contribution < -0.4 is 10.2 Å². The van der Waals surface area contributed by atoms with Gasteiger partial charge in [0.1, 0.15) is 6.33 Å². The van der Waals surface area contributed by atoms with Gasteiger partial charge in [0.25, 0.3) is 0 Å². The maximum atomic E-state index is 13.5. The topological polar surface area (TPSA) is 53.4 Å². The fourth-order valence-electron chi connectivity index (χ4n) is 3.88. The number of carbonyl (C=O) groups is 1. The van der Waals surface area contributed by atoms with Crippen LogP contribution in [0.4, 0.5) is 24.5 Å². The van der Waals surface area contributed by atoms with E-state index in [1.165, 1.54) is 0 Å². The molecule has 0 unspecified atom stereocenters. The number of halogens is 3. The van der Waals surface area contributed by atoms with Gasteiger partial charge in [-0.15, -0.1) is 0 Å². The number of anilines is 2. The molecular weight excluding hydrogens is 467 g/mol. The summed E-state index contributed by atoms with van der Waals surface area (Å²) >= 11 is 0. The van der Waals surface area contributed by atoms with Crippen LogP contribution in [0, 0.1) is 0 Å². The number of fused-ring (bicyclic) bond motifs is 1. The minimum absolute atomic E-state index is 0.0347. The predicted molar refractivity (Wildman–Crippen MR) is 137 cm³/mol. The molecule has 0 saturated carbocycles. The highest BCUT2D eigenvalue weighted by molar-refractivity contribution is 5.93. The van der Waals surface area contributed by atoms with Crippen molar-refractivity contribution in [3.63, 3.8) is 0 Å². The second-order valence-electron chi connectivity index (χ2n) is 8.99. The second-order valence-corrected chi connectivity index (χ2v) is 8.99. The van der Waals surface area contributed by atoms with E-state index in [-0.39, 0.29) is 12.1 Å². The van der Waals surface area contributed by atoms with Crippen molar-refractivity contribution in [2.75, 3.05) is 44.4 Å². The van der Waals surface area contributed by atoms with Gasteiger partial charge < -0.3 is 15.1 Å². The summed E-state index contributed by atoms with van der Waals surface area (Å²) in [4.78, 5) is 20.8. The first-order chi connectivity index (χ1) is 17.1. The Hall–Kier alpha value is -3.85. The minimum Gasteiger partial charge on any atom is -0.373 e. The van der Waals surface area contributed by atoms with E-state index >= 15 is 0 Å². The first-order valence-corrected chi connectivity index (χ1v) is 11.5. The number of hydrogen-bond acceptors (Lipinski definition) is 4. The zero-order valence-electron chi connectivity index (χ0n) is 20.4. The lowest BCUT2D eigenvalue weighted by Gasteiger charge is -2.23.